The van der Waals surface area contributed by atoms with E-state index in [-0.39, 0.29) is 5.41 Å². The predicted molar refractivity (Wildman–Crippen MR) is 76.6 cm³/mol. The SMILES string of the molecule is C=CCN=C(N)NC1C(C)C(OC)C1(CC)CC. The number of nitrogens with one attached hydrogen (secondary N) is 1. The van der Waals surface area contributed by atoms with Crippen LogP contribution in [0, 0.1) is 11.3 Å². The van der Waals surface area contributed by atoms with Gasteiger partial charge in [-0.1, -0.05) is 26.8 Å². The molecule has 4 heteroatoms. The molecule has 0 aromatic heterocycles. The smallest absolute Gasteiger partial charge is 0.189 e. The van der Waals surface area contributed by atoms with E-state index in [0.29, 0.717) is 30.6 Å². The van der Waals surface area contributed by atoms with Crippen LogP contribution in [0.2, 0.25) is 0 Å². The molecule has 3 unspecified atom stereocenters. The molecule has 4 nitrogen and oxygen atoms in total. The molecule has 0 aliphatic heterocycles. The van der Waals surface area contributed by atoms with Crippen molar-refractivity contribution in [1.82, 2.24) is 5.32 Å². The van der Waals surface area contributed by atoms with Crippen molar-refractivity contribution < 1.29 is 4.74 Å². The molecule has 1 rings (SSSR count). The van der Waals surface area contributed by atoms with Crippen molar-refractivity contribution in [2.24, 2.45) is 22.1 Å². The van der Waals surface area contributed by atoms with Gasteiger partial charge >= 0.3 is 0 Å². The first-order chi connectivity index (χ1) is 8.57. The van der Waals surface area contributed by atoms with Gasteiger partial charge < -0.3 is 15.8 Å². The van der Waals surface area contributed by atoms with Gasteiger partial charge in [-0.3, -0.25) is 0 Å². The van der Waals surface area contributed by atoms with Gasteiger partial charge in [0, 0.05) is 24.5 Å². The zero-order valence-electron chi connectivity index (χ0n) is 12.1. The molecule has 3 N–H and O–H groups in total. The minimum Gasteiger partial charge on any atom is -0.380 e. The second-order valence-electron chi connectivity index (χ2n) is 5.09. The van der Waals surface area contributed by atoms with Gasteiger partial charge in [0.05, 0.1) is 12.6 Å². The zero-order valence-corrected chi connectivity index (χ0v) is 12.1. The first kappa shape index (κ1) is 15.0. The molecular weight excluding hydrogens is 226 g/mol. The summed E-state index contributed by atoms with van der Waals surface area (Å²) in [7, 11) is 1.80. The fraction of sp³-hybridized carbons (Fsp3) is 0.786. The lowest BCUT2D eigenvalue weighted by Gasteiger charge is -2.59. The number of methoxy groups -OCH3 is 1. The highest BCUT2D eigenvalue weighted by Crippen LogP contribution is 2.52. The molecule has 3 atom stereocenters. The Balaban J connectivity index is 2.78. The van der Waals surface area contributed by atoms with Crippen molar-refractivity contribution in [2.75, 3.05) is 13.7 Å². The Morgan fingerprint density at radius 1 is 1.50 bits per heavy atom. The van der Waals surface area contributed by atoms with E-state index in [0.717, 1.165) is 12.8 Å². The normalized spacial score (nSPS) is 30.7. The second-order valence-corrected chi connectivity index (χ2v) is 5.09. The van der Waals surface area contributed by atoms with Crippen LogP contribution in [0.25, 0.3) is 0 Å². The lowest BCUT2D eigenvalue weighted by atomic mass is 9.53. The third-order valence-corrected chi connectivity index (χ3v) is 4.45. The molecule has 1 saturated carbocycles. The first-order valence-corrected chi connectivity index (χ1v) is 6.77. The van der Waals surface area contributed by atoms with Gasteiger partial charge in [-0.25, -0.2) is 4.99 Å². The molecule has 18 heavy (non-hydrogen) atoms. The maximum absolute atomic E-state index is 5.90. The van der Waals surface area contributed by atoms with Crippen LogP contribution in [0.4, 0.5) is 0 Å². The summed E-state index contributed by atoms with van der Waals surface area (Å²) < 4.78 is 5.65. The van der Waals surface area contributed by atoms with Gasteiger partial charge in [0.15, 0.2) is 5.96 Å². The highest BCUT2D eigenvalue weighted by molar-refractivity contribution is 5.78. The van der Waals surface area contributed by atoms with Crippen LogP contribution in [0.5, 0.6) is 0 Å². The van der Waals surface area contributed by atoms with E-state index in [2.05, 4.69) is 37.7 Å². The summed E-state index contributed by atoms with van der Waals surface area (Å²) in [6.45, 7) is 10.8. The van der Waals surface area contributed by atoms with Crippen molar-refractivity contribution in [2.45, 2.75) is 45.8 Å². The quantitative estimate of drug-likeness (QED) is 0.432. The Labute approximate surface area is 111 Å². The molecular formula is C14H27N3O. The summed E-state index contributed by atoms with van der Waals surface area (Å²) in [5.41, 5.74) is 6.07. The Morgan fingerprint density at radius 3 is 2.56 bits per heavy atom. The highest BCUT2D eigenvalue weighted by atomic mass is 16.5. The fourth-order valence-electron chi connectivity index (χ4n) is 3.46. The Bertz CT molecular complexity index is 310. The molecule has 104 valence electrons. The maximum Gasteiger partial charge on any atom is 0.189 e. The monoisotopic (exact) mass is 253 g/mol. The number of nitrogens with two attached hydrogens (primary N) is 1. The number of aliphatic imine (C=N–C) groups is 1. The number of ether oxygens (including phenoxy) is 1. The Morgan fingerprint density at radius 2 is 2.11 bits per heavy atom. The van der Waals surface area contributed by atoms with Crippen molar-refractivity contribution in [3.05, 3.63) is 12.7 Å². The summed E-state index contributed by atoms with van der Waals surface area (Å²) in [5.74, 6) is 0.958. The van der Waals surface area contributed by atoms with E-state index in [1.165, 1.54) is 0 Å². The molecule has 0 heterocycles. The number of nitrogens with zero attached hydrogens (tertiary/aromatic N) is 1. The molecule has 1 aliphatic rings. The summed E-state index contributed by atoms with van der Waals surface area (Å²) >= 11 is 0. The Kier molecular flexibility index (Phi) is 5.20. The summed E-state index contributed by atoms with van der Waals surface area (Å²) in [4.78, 5) is 4.21. The van der Waals surface area contributed by atoms with Crippen molar-refractivity contribution in [1.29, 1.82) is 0 Å². The number of guanidine groups is 1. The molecule has 0 amide bonds. The van der Waals surface area contributed by atoms with Crippen LogP contribution in [0.15, 0.2) is 17.6 Å². The van der Waals surface area contributed by atoms with Crippen molar-refractivity contribution >= 4 is 5.96 Å². The van der Waals surface area contributed by atoms with Gasteiger partial charge in [-0.15, -0.1) is 6.58 Å². The second kappa shape index (κ2) is 6.23. The summed E-state index contributed by atoms with van der Waals surface area (Å²) in [6.07, 6.45) is 4.21. The van der Waals surface area contributed by atoms with E-state index in [1.54, 1.807) is 13.2 Å². The number of hydrogen-bond acceptors (Lipinski definition) is 2. The molecule has 1 fully saturated rings. The van der Waals surface area contributed by atoms with Crippen LogP contribution in [0.3, 0.4) is 0 Å². The van der Waals surface area contributed by atoms with Gasteiger partial charge in [-0.05, 0) is 12.8 Å². The summed E-state index contributed by atoms with van der Waals surface area (Å²) in [5, 5.41) is 3.36. The van der Waals surface area contributed by atoms with Crippen LogP contribution in [0.1, 0.15) is 33.6 Å². The minimum absolute atomic E-state index is 0.169. The highest BCUT2D eigenvalue weighted by Gasteiger charge is 2.58. The van der Waals surface area contributed by atoms with Crippen molar-refractivity contribution in [3.63, 3.8) is 0 Å². The summed E-state index contributed by atoms with van der Waals surface area (Å²) in [6, 6.07) is 0.339. The van der Waals surface area contributed by atoms with Crippen molar-refractivity contribution in [3.8, 4) is 0 Å². The largest absolute Gasteiger partial charge is 0.380 e. The Hall–Kier alpha value is -1.03. The average Bonchev–Trinajstić information content (AvgIpc) is 2.39. The van der Waals surface area contributed by atoms with Crippen LogP contribution >= 0.6 is 0 Å². The van der Waals surface area contributed by atoms with Gasteiger partial charge in [-0.2, -0.15) is 0 Å². The first-order valence-electron chi connectivity index (χ1n) is 6.77. The van der Waals surface area contributed by atoms with E-state index in [9.17, 15) is 0 Å². The van der Waals surface area contributed by atoms with Crippen LogP contribution in [-0.4, -0.2) is 31.8 Å². The molecule has 0 bridgehead atoms. The fourth-order valence-corrected chi connectivity index (χ4v) is 3.46. The van der Waals surface area contributed by atoms with E-state index in [4.69, 9.17) is 10.5 Å². The van der Waals surface area contributed by atoms with E-state index >= 15 is 0 Å². The van der Waals surface area contributed by atoms with Crippen LogP contribution < -0.4 is 11.1 Å². The molecule has 0 aromatic carbocycles. The van der Waals surface area contributed by atoms with Gasteiger partial charge in [0.2, 0.25) is 0 Å². The molecule has 0 saturated heterocycles. The van der Waals surface area contributed by atoms with Gasteiger partial charge in [0.25, 0.3) is 0 Å². The third-order valence-electron chi connectivity index (χ3n) is 4.45. The molecule has 0 spiro atoms. The van der Waals surface area contributed by atoms with Crippen LogP contribution in [-0.2, 0) is 4.74 Å². The number of rotatable bonds is 6. The van der Waals surface area contributed by atoms with Gasteiger partial charge in [0.1, 0.15) is 0 Å². The molecule has 1 aliphatic carbocycles. The lowest BCUT2D eigenvalue weighted by Crippen LogP contribution is -2.70. The maximum atomic E-state index is 5.90. The lowest BCUT2D eigenvalue weighted by molar-refractivity contribution is -0.163. The number of hydrogen-bond donors (Lipinski definition) is 2. The molecule has 0 aromatic rings. The topological polar surface area (TPSA) is 59.6 Å². The van der Waals surface area contributed by atoms with E-state index < -0.39 is 0 Å². The standard InChI is InChI=1S/C14H27N3O/c1-6-9-16-13(15)17-11-10(4)12(18-5)14(11,7-2)8-3/h6,10-12H,1,7-9H2,2-5H3,(H3,15,16,17). The average molecular weight is 253 g/mol. The zero-order chi connectivity index (χ0) is 13.8. The minimum atomic E-state index is 0.169. The van der Waals surface area contributed by atoms with E-state index in [1.807, 2.05) is 0 Å². The molecule has 0 radical (unpaired) electrons. The predicted octanol–water partition coefficient (Wildman–Crippen LogP) is 1.92. The third kappa shape index (κ3) is 2.39.